The molecular weight excluding hydrogens is 396 g/mol. The highest BCUT2D eigenvalue weighted by molar-refractivity contribution is 9.10. The number of nitrogens with one attached hydrogen (secondary N) is 1. The summed E-state index contributed by atoms with van der Waals surface area (Å²) in [5, 5.41) is 3.46. The number of nitrogens with zero attached hydrogens (tertiary/aromatic N) is 1. The molecule has 1 N–H and O–H groups in total. The molecule has 0 aromatic heterocycles. The van der Waals surface area contributed by atoms with Gasteiger partial charge in [0.25, 0.3) is 0 Å². The van der Waals surface area contributed by atoms with Crippen LogP contribution in [-0.2, 0) is 4.79 Å². The summed E-state index contributed by atoms with van der Waals surface area (Å²) in [5.74, 6) is 0.289. The zero-order valence-corrected chi connectivity index (χ0v) is 16.8. The van der Waals surface area contributed by atoms with Crippen LogP contribution in [0, 0.1) is 0 Å². The predicted octanol–water partition coefficient (Wildman–Crippen LogP) is 4.09. The summed E-state index contributed by atoms with van der Waals surface area (Å²) in [6.07, 6.45) is 3.39. The quantitative estimate of drug-likeness (QED) is 0.749. The van der Waals surface area contributed by atoms with E-state index in [0.29, 0.717) is 12.1 Å². The number of thioether (sulfide) groups is 1. The molecule has 1 aromatic rings. The van der Waals surface area contributed by atoms with Crippen LogP contribution in [0.15, 0.2) is 33.6 Å². The molecule has 3 rings (SSSR count). The van der Waals surface area contributed by atoms with Crippen molar-refractivity contribution in [1.82, 2.24) is 10.2 Å². The third-order valence-electron chi connectivity index (χ3n) is 4.59. The number of hydrogen-bond acceptors (Lipinski definition) is 3. The Balaban J connectivity index is 0.00000192. The highest BCUT2D eigenvalue weighted by Crippen LogP contribution is 2.38. The van der Waals surface area contributed by atoms with E-state index in [-0.39, 0.29) is 18.3 Å². The van der Waals surface area contributed by atoms with Gasteiger partial charge in [-0.1, -0.05) is 15.9 Å². The molecule has 1 aromatic carbocycles. The second-order valence-corrected chi connectivity index (χ2v) is 9.27. The summed E-state index contributed by atoms with van der Waals surface area (Å²) >= 11 is 5.12. The minimum absolute atomic E-state index is 0. The molecule has 2 heterocycles. The molecule has 128 valence electrons. The molecule has 0 saturated carbocycles. The molecule has 2 bridgehead atoms. The van der Waals surface area contributed by atoms with Gasteiger partial charge in [-0.25, -0.2) is 0 Å². The van der Waals surface area contributed by atoms with Gasteiger partial charge in [-0.05, 0) is 63.9 Å². The van der Waals surface area contributed by atoms with E-state index >= 15 is 0 Å². The van der Waals surface area contributed by atoms with Crippen molar-refractivity contribution >= 4 is 46.0 Å². The molecule has 2 aliphatic rings. The zero-order valence-electron chi connectivity index (χ0n) is 13.5. The van der Waals surface area contributed by atoms with E-state index in [9.17, 15) is 4.79 Å². The standard InChI is InChI=1S/C17H23BrN2OS.ClH/c1-17(2,22-15-7-3-12(18)4-8-15)16(21)20-13-5-6-14(20)11-19-10-9-13;/h3-4,7-8,13-14,19H,5-6,9-11H2,1-2H3;1H. The zero-order chi connectivity index (χ0) is 15.7. The van der Waals surface area contributed by atoms with Crippen LogP contribution in [0.25, 0.3) is 0 Å². The number of carbonyl (C=O) groups is 1. The third kappa shape index (κ3) is 4.25. The Morgan fingerprint density at radius 1 is 1.22 bits per heavy atom. The lowest BCUT2D eigenvalue weighted by Crippen LogP contribution is -2.50. The topological polar surface area (TPSA) is 32.3 Å². The average Bonchev–Trinajstić information content (AvgIpc) is 2.73. The molecule has 2 saturated heterocycles. The van der Waals surface area contributed by atoms with Crippen LogP contribution in [0.4, 0.5) is 0 Å². The fourth-order valence-electron chi connectivity index (χ4n) is 3.47. The summed E-state index contributed by atoms with van der Waals surface area (Å²) in [6, 6.07) is 9.01. The van der Waals surface area contributed by atoms with Gasteiger partial charge in [-0.2, -0.15) is 0 Å². The first-order valence-corrected chi connectivity index (χ1v) is 9.56. The lowest BCUT2D eigenvalue weighted by Gasteiger charge is -2.35. The first-order chi connectivity index (χ1) is 10.5. The van der Waals surface area contributed by atoms with E-state index in [1.165, 1.54) is 0 Å². The molecule has 2 unspecified atom stereocenters. The highest BCUT2D eigenvalue weighted by Gasteiger charge is 2.43. The molecule has 6 heteroatoms. The van der Waals surface area contributed by atoms with Crippen LogP contribution in [0.1, 0.15) is 33.1 Å². The third-order valence-corrected chi connectivity index (χ3v) is 6.31. The van der Waals surface area contributed by atoms with Gasteiger partial charge in [0.05, 0.1) is 4.75 Å². The van der Waals surface area contributed by atoms with Crippen molar-refractivity contribution in [1.29, 1.82) is 0 Å². The van der Waals surface area contributed by atoms with Crippen molar-refractivity contribution in [3.8, 4) is 0 Å². The maximum absolute atomic E-state index is 13.2. The van der Waals surface area contributed by atoms with Crippen LogP contribution in [0.3, 0.4) is 0 Å². The molecule has 0 aliphatic carbocycles. The van der Waals surface area contributed by atoms with E-state index in [0.717, 1.165) is 41.7 Å². The number of fused-ring (bicyclic) bond motifs is 2. The Kier molecular flexibility index (Phi) is 6.45. The van der Waals surface area contributed by atoms with Gasteiger partial charge in [0.1, 0.15) is 0 Å². The van der Waals surface area contributed by atoms with Crippen molar-refractivity contribution in [2.45, 2.75) is 54.8 Å². The minimum Gasteiger partial charge on any atom is -0.334 e. The van der Waals surface area contributed by atoms with E-state index in [4.69, 9.17) is 0 Å². The number of carbonyl (C=O) groups excluding carboxylic acids is 1. The Labute approximate surface area is 157 Å². The number of halogens is 2. The van der Waals surface area contributed by atoms with Crippen LogP contribution < -0.4 is 5.32 Å². The van der Waals surface area contributed by atoms with Crippen molar-refractivity contribution in [2.24, 2.45) is 0 Å². The molecule has 2 atom stereocenters. The van der Waals surface area contributed by atoms with Gasteiger partial charge in [0, 0.05) is 28.0 Å². The fourth-order valence-corrected chi connectivity index (χ4v) is 4.78. The van der Waals surface area contributed by atoms with Gasteiger partial charge in [0.2, 0.25) is 5.91 Å². The lowest BCUT2D eigenvalue weighted by molar-refractivity contribution is -0.135. The molecule has 1 amide bonds. The van der Waals surface area contributed by atoms with Crippen molar-refractivity contribution in [3.05, 3.63) is 28.7 Å². The fraction of sp³-hybridized carbons (Fsp3) is 0.588. The van der Waals surface area contributed by atoms with Gasteiger partial charge < -0.3 is 10.2 Å². The Morgan fingerprint density at radius 2 is 1.87 bits per heavy atom. The Hall–Kier alpha value is -0.230. The lowest BCUT2D eigenvalue weighted by atomic mass is 10.1. The van der Waals surface area contributed by atoms with Crippen molar-refractivity contribution in [2.75, 3.05) is 13.1 Å². The molecule has 3 nitrogen and oxygen atoms in total. The number of amides is 1. The van der Waals surface area contributed by atoms with Crippen molar-refractivity contribution in [3.63, 3.8) is 0 Å². The molecule has 2 fully saturated rings. The van der Waals surface area contributed by atoms with E-state index < -0.39 is 4.75 Å². The van der Waals surface area contributed by atoms with Crippen molar-refractivity contribution < 1.29 is 4.79 Å². The summed E-state index contributed by atoms with van der Waals surface area (Å²) in [6.45, 7) is 6.09. The van der Waals surface area contributed by atoms with Crippen LogP contribution >= 0.6 is 40.1 Å². The number of rotatable bonds is 3. The van der Waals surface area contributed by atoms with E-state index in [1.54, 1.807) is 11.8 Å². The maximum Gasteiger partial charge on any atom is 0.239 e. The monoisotopic (exact) mass is 418 g/mol. The summed E-state index contributed by atoms with van der Waals surface area (Å²) in [7, 11) is 0. The molecule has 2 aliphatic heterocycles. The summed E-state index contributed by atoms with van der Waals surface area (Å²) in [4.78, 5) is 16.5. The normalized spacial score (nSPS) is 24.0. The van der Waals surface area contributed by atoms with Gasteiger partial charge >= 0.3 is 0 Å². The molecule has 0 spiro atoms. The average molecular weight is 420 g/mol. The van der Waals surface area contributed by atoms with E-state index in [1.807, 2.05) is 12.1 Å². The Bertz CT molecular complexity index is 538. The van der Waals surface area contributed by atoms with Crippen LogP contribution in [0.2, 0.25) is 0 Å². The largest absolute Gasteiger partial charge is 0.334 e. The second-order valence-electron chi connectivity index (χ2n) is 6.66. The minimum atomic E-state index is -0.432. The molecule has 0 radical (unpaired) electrons. The highest BCUT2D eigenvalue weighted by atomic mass is 79.9. The summed E-state index contributed by atoms with van der Waals surface area (Å²) in [5.41, 5.74) is 0. The smallest absolute Gasteiger partial charge is 0.239 e. The number of hydrogen-bond donors (Lipinski definition) is 1. The number of benzene rings is 1. The van der Waals surface area contributed by atoms with E-state index in [2.05, 4.69) is 52.1 Å². The van der Waals surface area contributed by atoms with Crippen LogP contribution in [-0.4, -0.2) is 40.7 Å². The predicted molar refractivity (Wildman–Crippen MR) is 102 cm³/mol. The van der Waals surface area contributed by atoms with Gasteiger partial charge in [0.15, 0.2) is 0 Å². The Morgan fingerprint density at radius 3 is 2.57 bits per heavy atom. The summed E-state index contributed by atoms with van der Waals surface area (Å²) < 4.78 is 0.636. The van der Waals surface area contributed by atoms with Gasteiger partial charge in [-0.15, -0.1) is 24.2 Å². The first kappa shape index (κ1) is 19.1. The first-order valence-electron chi connectivity index (χ1n) is 7.95. The molecule has 23 heavy (non-hydrogen) atoms. The second kappa shape index (κ2) is 7.77. The maximum atomic E-state index is 13.2. The SMILES string of the molecule is CC(C)(Sc1ccc(Br)cc1)C(=O)N1C2CCNCC1CC2.Cl. The van der Waals surface area contributed by atoms with Crippen LogP contribution in [0.5, 0.6) is 0 Å². The molecular formula is C17H24BrClN2OS. The van der Waals surface area contributed by atoms with Gasteiger partial charge in [-0.3, -0.25) is 4.79 Å².